The van der Waals surface area contributed by atoms with Gasteiger partial charge in [-0.05, 0) is 45.0 Å². The molecule has 1 aromatic rings. The summed E-state index contributed by atoms with van der Waals surface area (Å²) in [6.45, 7) is 4.45. The molecule has 4 heteroatoms. The number of rotatable bonds is 1. The third-order valence-corrected chi connectivity index (χ3v) is 3.95. The highest BCUT2D eigenvalue weighted by Crippen LogP contribution is 2.36. The number of benzene rings is 1. The first-order valence-corrected chi connectivity index (χ1v) is 6.46. The number of amides is 1. The largest absolute Gasteiger partial charge is 0.447 e. The fraction of sp³-hybridized carbons (Fsp3) is 0.500. The lowest BCUT2D eigenvalue weighted by Crippen LogP contribution is -2.53. The van der Waals surface area contributed by atoms with E-state index >= 15 is 0 Å². The lowest BCUT2D eigenvalue weighted by molar-refractivity contribution is 0.167. The number of carbonyl (C=O) groups excluding carboxylic acids is 1. The molecule has 1 amide bonds. The van der Waals surface area contributed by atoms with E-state index in [1.807, 2.05) is 36.1 Å². The summed E-state index contributed by atoms with van der Waals surface area (Å²) in [5.74, 6) is 0. The molecule has 2 saturated heterocycles. The molecular formula is C14H18N2O2. The molecule has 4 nitrogen and oxygen atoms in total. The second-order valence-corrected chi connectivity index (χ2v) is 5.20. The molecule has 1 spiro atoms. The Labute approximate surface area is 107 Å². The van der Waals surface area contributed by atoms with Gasteiger partial charge in [-0.15, -0.1) is 0 Å². The van der Waals surface area contributed by atoms with Crippen molar-refractivity contribution in [2.45, 2.75) is 25.3 Å². The van der Waals surface area contributed by atoms with Gasteiger partial charge in [0.15, 0.2) is 0 Å². The normalized spacial score (nSPS) is 22.3. The van der Waals surface area contributed by atoms with E-state index in [2.05, 4.69) is 5.32 Å². The van der Waals surface area contributed by atoms with E-state index in [4.69, 9.17) is 4.74 Å². The molecule has 0 unspecified atom stereocenters. The topological polar surface area (TPSA) is 41.6 Å². The highest BCUT2D eigenvalue weighted by atomic mass is 16.6. The zero-order chi connectivity index (χ0) is 12.6. The van der Waals surface area contributed by atoms with Crippen LogP contribution in [0, 0.1) is 6.92 Å². The van der Waals surface area contributed by atoms with E-state index in [1.165, 1.54) is 5.56 Å². The van der Waals surface area contributed by atoms with Gasteiger partial charge in [0.1, 0.15) is 6.61 Å². The summed E-state index contributed by atoms with van der Waals surface area (Å²) in [5, 5.41) is 3.34. The highest BCUT2D eigenvalue weighted by Gasteiger charge is 2.48. The molecule has 2 aliphatic heterocycles. The predicted molar refractivity (Wildman–Crippen MR) is 69.8 cm³/mol. The van der Waals surface area contributed by atoms with Crippen LogP contribution in [0.1, 0.15) is 18.4 Å². The van der Waals surface area contributed by atoms with Gasteiger partial charge < -0.3 is 10.1 Å². The molecule has 0 bridgehead atoms. The summed E-state index contributed by atoms with van der Waals surface area (Å²) in [6.07, 6.45) is 1.69. The maximum atomic E-state index is 12.0. The Bertz CT molecular complexity index is 449. The van der Waals surface area contributed by atoms with Crippen LogP contribution >= 0.6 is 0 Å². The summed E-state index contributed by atoms with van der Waals surface area (Å²) in [4.78, 5) is 13.9. The van der Waals surface area contributed by atoms with Crippen molar-refractivity contribution in [3.05, 3.63) is 29.8 Å². The first-order chi connectivity index (χ1) is 8.71. The second kappa shape index (κ2) is 4.28. The van der Waals surface area contributed by atoms with Crippen molar-refractivity contribution < 1.29 is 9.53 Å². The molecule has 0 radical (unpaired) electrons. The van der Waals surface area contributed by atoms with E-state index in [-0.39, 0.29) is 11.6 Å². The van der Waals surface area contributed by atoms with Gasteiger partial charge in [0, 0.05) is 5.69 Å². The molecule has 0 saturated carbocycles. The molecule has 2 fully saturated rings. The van der Waals surface area contributed by atoms with Gasteiger partial charge in [0.25, 0.3) is 0 Å². The Hall–Kier alpha value is -1.55. The number of nitrogens with zero attached hydrogens (tertiary/aromatic N) is 1. The van der Waals surface area contributed by atoms with E-state index in [0.29, 0.717) is 6.61 Å². The summed E-state index contributed by atoms with van der Waals surface area (Å²) in [5.41, 5.74) is 2.01. The van der Waals surface area contributed by atoms with Gasteiger partial charge >= 0.3 is 6.09 Å². The second-order valence-electron chi connectivity index (χ2n) is 5.20. The Kier molecular flexibility index (Phi) is 2.74. The average molecular weight is 246 g/mol. The van der Waals surface area contributed by atoms with E-state index < -0.39 is 0 Å². The number of carbonyl (C=O) groups is 1. The van der Waals surface area contributed by atoms with Crippen LogP contribution in [0.4, 0.5) is 10.5 Å². The standard InChI is InChI=1S/C14H18N2O2/c1-11-2-4-12(5-3-11)16-13(17)18-10-14(16)6-8-15-9-7-14/h2-5,15H,6-10H2,1H3. The predicted octanol–water partition coefficient (Wildman–Crippen LogP) is 2.07. The molecule has 0 atom stereocenters. The van der Waals surface area contributed by atoms with Crippen LogP contribution in [0.25, 0.3) is 0 Å². The van der Waals surface area contributed by atoms with Crippen molar-refractivity contribution in [2.24, 2.45) is 0 Å². The number of piperidine rings is 1. The number of cyclic esters (lactones) is 1. The van der Waals surface area contributed by atoms with Gasteiger partial charge in [-0.3, -0.25) is 4.90 Å². The molecule has 3 rings (SSSR count). The number of hydrogen-bond acceptors (Lipinski definition) is 3. The van der Waals surface area contributed by atoms with Crippen molar-refractivity contribution in [2.75, 3.05) is 24.6 Å². The minimum Gasteiger partial charge on any atom is -0.447 e. The number of aryl methyl sites for hydroxylation is 1. The number of ether oxygens (including phenoxy) is 1. The molecule has 1 N–H and O–H groups in total. The Morgan fingerprint density at radius 1 is 1.22 bits per heavy atom. The van der Waals surface area contributed by atoms with Crippen LogP contribution in [-0.2, 0) is 4.74 Å². The Balaban J connectivity index is 1.96. The van der Waals surface area contributed by atoms with Crippen LogP contribution in [0.15, 0.2) is 24.3 Å². The maximum absolute atomic E-state index is 12.0. The lowest BCUT2D eigenvalue weighted by Gasteiger charge is -2.38. The fourth-order valence-corrected chi connectivity index (χ4v) is 2.85. The summed E-state index contributed by atoms with van der Waals surface area (Å²) in [7, 11) is 0. The molecule has 1 aromatic carbocycles. The van der Waals surface area contributed by atoms with E-state index in [0.717, 1.165) is 31.6 Å². The summed E-state index contributed by atoms with van der Waals surface area (Å²) < 4.78 is 5.30. The summed E-state index contributed by atoms with van der Waals surface area (Å²) in [6, 6.07) is 8.09. The summed E-state index contributed by atoms with van der Waals surface area (Å²) >= 11 is 0. The van der Waals surface area contributed by atoms with Crippen LogP contribution in [0.5, 0.6) is 0 Å². The lowest BCUT2D eigenvalue weighted by atomic mass is 9.88. The van der Waals surface area contributed by atoms with Gasteiger partial charge in [-0.25, -0.2) is 4.79 Å². The van der Waals surface area contributed by atoms with Crippen molar-refractivity contribution in [1.29, 1.82) is 0 Å². The number of nitrogens with one attached hydrogen (secondary N) is 1. The van der Waals surface area contributed by atoms with Crippen molar-refractivity contribution in [3.8, 4) is 0 Å². The quantitative estimate of drug-likeness (QED) is 0.824. The number of hydrogen-bond donors (Lipinski definition) is 1. The molecule has 18 heavy (non-hydrogen) atoms. The fourth-order valence-electron chi connectivity index (χ4n) is 2.85. The minimum atomic E-state index is -0.208. The molecule has 0 aliphatic carbocycles. The maximum Gasteiger partial charge on any atom is 0.415 e. The Morgan fingerprint density at radius 3 is 2.56 bits per heavy atom. The van der Waals surface area contributed by atoms with Crippen LogP contribution in [0.3, 0.4) is 0 Å². The SMILES string of the molecule is Cc1ccc(N2C(=O)OCC23CCNCC3)cc1. The average Bonchev–Trinajstić information content (AvgIpc) is 2.69. The third kappa shape index (κ3) is 1.77. The monoisotopic (exact) mass is 246 g/mol. The third-order valence-electron chi connectivity index (χ3n) is 3.95. The van der Waals surface area contributed by atoms with Gasteiger partial charge in [0.2, 0.25) is 0 Å². The van der Waals surface area contributed by atoms with Crippen LogP contribution in [0.2, 0.25) is 0 Å². The zero-order valence-corrected chi connectivity index (χ0v) is 10.6. The van der Waals surface area contributed by atoms with Gasteiger partial charge in [-0.2, -0.15) is 0 Å². The molecular weight excluding hydrogens is 228 g/mol. The van der Waals surface area contributed by atoms with Crippen molar-refractivity contribution in [1.82, 2.24) is 5.32 Å². The molecule has 96 valence electrons. The zero-order valence-electron chi connectivity index (χ0n) is 10.6. The van der Waals surface area contributed by atoms with Crippen LogP contribution in [-0.4, -0.2) is 31.3 Å². The van der Waals surface area contributed by atoms with E-state index in [9.17, 15) is 4.79 Å². The van der Waals surface area contributed by atoms with E-state index in [1.54, 1.807) is 0 Å². The Morgan fingerprint density at radius 2 is 1.89 bits per heavy atom. The molecule has 2 heterocycles. The van der Waals surface area contributed by atoms with Crippen molar-refractivity contribution in [3.63, 3.8) is 0 Å². The molecule has 0 aromatic heterocycles. The first kappa shape index (κ1) is 11.5. The van der Waals surface area contributed by atoms with Crippen molar-refractivity contribution >= 4 is 11.8 Å². The molecule has 2 aliphatic rings. The highest BCUT2D eigenvalue weighted by molar-refractivity contribution is 5.91. The number of anilines is 1. The van der Waals surface area contributed by atoms with Gasteiger partial charge in [0.05, 0.1) is 5.54 Å². The van der Waals surface area contributed by atoms with Gasteiger partial charge in [-0.1, -0.05) is 17.7 Å². The first-order valence-electron chi connectivity index (χ1n) is 6.46. The smallest absolute Gasteiger partial charge is 0.415 e. The van der Waals surface area contributed by atoms with Crippen LogP contribution < -0.4 is 10.2 Å². The minimum absolute atomic E-state index is 0.141.